The fourth-order valence-electron chi connectivity index (χ4n) is 1.66. The molecule has 0 unspecified atom stereocenters. The summed E-state index contributed by atoms with van der Waals surface area (Å²) in [5.74, 6) is -0.256. The van der Waals surface area contributed by atoms with E-state index >= 15 is 0 Å². The lowest BCUT2D eigenvalue weighted by Crippen LogP contribution is -2.05. The highest BCUT2D eigenvalue weighted by molar-refractivity contribution is 5.59. The second-order valence-electron chi connectivity index (χ2n) is 3.62. The Morgan fingerprint density at radius 1 is 1.31 bits per heavy atom. The monoisotopic (exact) mass is 220 g/mol. The molecule has 0 aliphatic rings. The second kappa shape index (κ2) is 4.45. The Morgan fingerprint density at radius 3 is 2.62 bits per heavy atom. The highest BCUT2D eigenvalue weighted by Crippen LogP contribution is 2.20. The maximum atomic E-state index is 12.8. The molecule has 1 aromatic heterocycles. The molecular weight excluding hydrogens is 207 g/mol. The van der Waals surface area contributed by atoms with Gasteiger partial charge in [0.25, 0.3) is 0 Å². The van der Waals surface area contributed by atoms with Gasteiger partial charge in [-0.2, -0.15) is 5.10 Å². The van der Waals surface area contributed by atoms with Gasteiger partial charge in [-0.25, -0.2) is 4.39 Å². The van der Waals surface area contributed by atoms with Crippen molar-refractivity contribution in [1.82, 2.24) is 9.78 Å². The Balaban J connectivity index is 2.42. The van der Waals surface area contributed by atoms with Crippen LogP contribution in [0.2, 0.25) is 0 Å². The Bertz CT molecular complexity index is 476. The van der Waals surface area contributed by atoms with Gasteiger partial charge in [-0.3, -0.25) is 4.68 Å². The molecule has 84 valence electrons. The van der Waals surface area contributed by atoms with Gasteiger partial charge in [0, 0.05) is 0 Å². The fraction of sp³-hybridized carbons (Fsp3) is 0.250. The van der Waals surface area contributed by atoms with Crippen LogP contribution in [0.5, 0.6) is 0 Å². The normalized spacial score (nSPS) is 10.7. The molecular formula is C12H13FN2O. The molecule has 0 bridgehead atoms. The van der Waals surface area contributed by atoms with Crippen molar-refractivity contribution in [1.29, 1.82) is 0 Å². The minimum Gasteiger partial charge on any atom is -0.394 e. The molecule has 2 aromatic rings. The van der Waals surface area contributed by atoms with Crippen LogP contribution in [-0.4, -0.2) is 21.5 Å². The molecule has 0 amide bonds. The molecule has 0 saturated carbocycles. The van der Waals surface area contributed by atoms with E-state index in [9.17, 15) is 4.39 Å². The topological polar surface area (TPSA) is 38.0 Å². The number of rotatable bonds is 3. The van der Waals surface area contributed by atoms with Gasteiger partial charge in [0.2, 0.25) is 0 Å². The molecule has 0 aliphatic heterocycles. The summed E-state index contributed by atoms with van der Waals surface area (Å²) < 4.78 is 14.5. The summed E-state index contributed by atoms with van der Waals surface area (Å²) in [5.41, 5.74) is 2.68. The van der Waals surface area contributed by atoms with Crippen molar-refractivity contribution in [3.63, 3.8) is 0 Å². The van der Waals surface area contributed by atoms with Crippen molar-refractivity contribution >= 4 is 0 Å². The maximum Gasteiger partial charge on any atom is 0.123 e. The number of halogens is 1. The fourth-order valence-corrected chi connectivity index (χ4v) is 1.66. The first kappa shape index (κ1) is 10.8. The van der Waals surface area contributed by atoms with Gasteiger partial charge in [-0.15, -0.1) is 0 Å². The third-order valence-corrected chi connectivity index (χ3v) is 2.35. The predicted octanol–water partition coefficient (Wildman–Crippen LogP) is 1.99. The van der Waals surface area contributed by atoms with E-state index in [1.54, 1.807) is 16.8 Å². The van der Waals surface area contributed by atoms with E-state index in [0.717, 1.165) is 17.0 Å². The van der Waals surface area contributed by atoms with E-state index in [1.165, 1.54) is 12.1 Å². The second-order valence-corrected chi connectivity index (χ2v) is 3.62. The molecule has 0 saturated heterocycles. The van der Waals surface area contributed by atoms with Gasteiger partial charge >= 0.3 is 0 Å². The summed E-state index contributed by atoms with van der Waals surface area (Å²) in [4.78, 5) is 0. The third-order valence-electron chi connectivity index (χ3n) is 2.35. The molecule has 3 nitrogen and oxygen atoms in total. The average Bonchev–Trinajstić information content (AvgIpc) is 2.61. The van der Waals surface area contributed by atoms with Crippen LogP contribution in [0.3, 0.4) is 0 Å². The van der Waals surface area contributed by atoms with Crippen LogP contribution in [0.1, 0.15) is 5.69 Å². The molecule has 0 atom stereocenters. The summed E-state index contributed by atoms with van der Waals surface area (Å²) in [6, 6.07) is 8.17. The lowest BCUT2D eigenvalue weighted by Gasteiger charge is -2.05. The molecule has 4 heteroatoms. The van der Waals surface area contributed by atoms with E-state index in [2.05, 4.69) is 5.10 Å². The van der Waals surface area contributed by atoms with Crippen LogP contribution in [-0.2, 0) is 6.54 Å². The largest absolute Gasteiger partial charge is 0.394 e. The van der Waals surface area contributed by atoms with Gasteiger partial charge in [0.05, 0.1) is 24.5 Å². The van der Waals surface area contributed by atoms with Crippen molar-refractivity contribution in [2.24, 2.45) is 0 Å². The highest BCUT2D eigenvalue weighted by Gasteiger charge is 2.07. The minimum absolute atomic E-state index is 0.0370. The molecule has 0 aliphatic carbocycles. The highest BCUT2D eigenvalue weighted by atomic mass is 19.1. The Kier molecular flexibility index (Phi) is 3.01. The van der Waals surface area contributed by atoms with Crippen LogP contribution >= 0.6 is 0 Å². The van der Waals surface area contributed by atoms with Crippen molar-refractivity contribution in [3.05, 3.63) is 41.8 Å². The molecule has 1 heterocycles. The van der Waals surface area contributed by atoms with Crippen LogP contribution in [0.25, 0.3) is 11.3 Å². The molecule has 1 N–H and O–H groups in total. The lowest BCUT2D eigenvalue weighted by atomic mass is 10.1. The number of aliphatic hydroxyl groups is 1. The molecule has 0 fully saturated rings. The summed E-state index contributed by atoms with van der Waals surface area (Å²) in [7, 11) is 0. The number of aromatic nitrogens is 2. The maximum absolute atomic E-state index is 12.8. The number of hydrogen-bond acceptors (Lipinski definition) is 2. The zero-order chi connectivity index (χ0) is 11.5. The van der Waals surface area contributed by atoms with Crippen molar-refractivity contribution < 1.29 is 9.50 Å². The molecule has 16 heavy (non-hydrogen) atoms. The van der Waals surface area contributed by atoms with Gasteiger partial charge in [0.15, 0.2) is 0 Å². The average molecular weight is 220 g/mol. The van der Waals surface area contributed by atoms with Gasteiger partial charge in [0.1, 0.15) is 5.82 Å². The van der Waals surface area contributed by atoms with Gasteiger partial charge in [-0.05, 0) is 42.8 Å². The zero-order valence-electron chi connectivity index (χ0n) is 9.02. The first-order chi connectivity index (χ1) is 7.70. The Morgan fingerprint density at radius 2 is 2.00 bits per heavy atom. The molecule has 0 radical (unpaired) electrons. The number of aryl methyl sites for hydroxylation is 1. The smallest absolute Gasteiger partial charge is 0.123 e. The summed E-state index contributed by atoms with van der Waals surface area (Å²) in [6.45, 7) is 2.37. The number of aliphatic hydroxyl groups excluding tert-OH is 1. The minimum atomic E-state index is -0.256. The number of nitrogens with zero attached hydrogens (tertiary/aromatic N) is 2. The molecule has 2 rings (SSSR count). The van der Waals surface area contributed by atoms with Crippen LogP contribution in [0.15, 0.2) is 30.3 Å². The standard InChI is InChI=1S/C12H13FN2O/c1-9-8-12(15(14-9)6-7-16)10-2-4-11(13)5-3-10/h2-5,8,16H,6-7H2,1H3. The number of benzene rings is 1. The van der Waals surface area contributed by atoms with E-state index < -0.39 is 0 Å². The Hall–Kier alpha value is -1.68. The van der Waals surface area contributed by atoms with Crippen LogP contribution in [0, 0.1) is 12.7 Å². The van der Waals surface area contributed by atoms with Crippen molar-refractivity contribution in [2.45, 2.75) is 13.5 Å². The first-order valence-corrected chi connectivity index (χ1v) is 5.12. The first-order valence-electron chi connectivity index (χ1n) is 5.12. The van der Waals surface area contributed by atoms with Crippen molar-refractivity contribution in [2.75, 3.05) is 6.61 Å². The Labute approximate surface area is 93.2 Å². The van der Waals surface area contributed by atoms with Crippen molar-refractivity contribution in [3.8, 4) is 11.3 Å². The summed E-state index contributed by atoms with van der Waals surface area (Å²) in [6.07, 6.45) is 0. The van der Waals surface area contributed by atoms with Crippen LogP contribution < -0.4 is 0 Å². The van der Waals surface area contributed by atoms with E-state index in [1.807, 2.05) is 13.0 Å². The SMILES string of the molecule is Cc1cc(-c2ccc(F)cc2)n(CCO)n1. The summed E-state index contributed by atoms with van der Waals surface area (Å²) >= 11 is 0. The predicted molar refractivity (Wildman–Crippen MR) is 59.4 cm³/mol. The van der Waals surface area contributed by atoms with E-state index in [4.69, 9.17) is 5.11 Å². The quantitative estimate of drug-likeness (QED) is 0.859. The lowest BCUT2D eigenvalue weighted by molar-refractivity contribution is 0.270. The van der Waals surface area contributed by atoms with E-state index in [-0.39, 0.29) is 12.4 Å². The summed E-state index contributed by atoms with van der Waals surface area (Å²) in [5, 5.41) is 13.2. The number of hydrogen-bond donors (Lipinski definition) is 1. The van der Waals surface area contributed by atoms with Crippen LogP contribution in [0.4, 0.5) is 4.39 Å². The molecule has 1 aromatic carbocycles. The van der Waals surface area contributed by atoms with Gasteiger partial charge in [-0.1, -0.05) is 0 Å². The molecule has 0 spiro atoms. The van der Waals surface area contributed by atoms with E-state index in [0.29, 0.717) is 6.54 Å². The van der Waals surface area contributed by atoms with Gasteiger partial charge < -0.3 is 5.11 Å². The third kappa shape index (κ3) is 2.12. The zero-order valence-corrected chi connectivity index (χ0v) is 9.02.